The first-order chi connectivity index (χ1) is 9.98. The number of benzene rings is 2. The largest absolute Gasteiger partial charge is 0.229 e. The van der Waals surface area contributed by atoms with Crippen LogP contribution in [0.3, 0.4) is 0 Å². The van der Waals surface area contributed by atoms with Gasteiger partial charge in [0.2, 0.25) is 0 Å². The summed E-state index contributed by atoms with van der Waals surface area (Å²) in [6.07, 6.45) is 0. The molecule has 2 atom stereocenters. The van der Waals surface area contributed by atoms with Crippen molar-refractivity contribution in [1.82, 2.24) is 0 Å². The van der Waals surface area contributed by atoms with Crippen LogP contribution in [0.4, 0.5) is 0 Å². The molecule has 112 valence electrons. The van der Waals surface area contributed by atoms with Gasteiger partial charge in [-0.1, -0.05) is 92.5 Å². The van der Waals surface area contributed by atoms with Crippen molar-refractivity contribution in [2.75, 3.05) is 11.5 Å². The fourth-order valence-corrected chi connectivity index (χ4v) is 6.47. The van der Waals surface area contributed by atoms with Gasteiger partial charge in [-0.25, -0.2) is 8.42 Å². The first-order valence-corrected chi connectivity index (χ1v) is 10.2. The molecule has 0 heterocycles. The number of alkyl halides is 2. The molecule has 0 aromatic heterocycles. The van der Waals surface area contributed by atoms with Gasteiger partial charge in [-0.3, -0.25) is 0 Å². The zero-order valence-corrected chi connectivity index (χ0v) is 15.3. The summed E-state index contributed by atoms with van der Waals surface area (Å²) in [5, 5.41) is 0. The Hall–Kier alpha value is -0.650. The number of hydrogen-bond donors (Lipinski definition) is 0. The monoisotopic (exact) mass is 430 g/mol. The average molecular weight is 432 g/mol. The van der Waals surface area contributed by atoms with Gasteiger partial charge in [0.25, 0.3) is 0 Å². The molecule has 0 saturated heterocycles. The summed E-state index contributed by atoms with van der Waals surface area (Å²) in [6, 6.07) is 19.2. The van der Waals surface area contributed by atoms with E-state index in [-0.39, 0.29) is 21.2 Å². The molecule has 2 aromatic rings. The molecule has 0 fully saturated rings. The molecule has 0 unspecified atom stereocenters. The summed E-state index contributed by atoms with van der Waals surface area (Å²) in [6.45, 7) is 0. The molecule has 0 bridgehead atoms. The Balaban J connectivity index is 2.02. The highest BCUT2D eigenvalue weighted by Gasteiger charge is 2.22. The third kappa shape index (κ3) is 5.24. The number of sulfone groups is 1. The molecule has 5 heteroatoms. The lowest BCUT2D eigenvalue weighted by Gasteiger charge is -2.14. The molecule has 2 aromatic carbocycles. The second-order valence-corrected chi connectivity index (χ2v) is 9.20. The lowest BCUT2D eigenvalue weighted by molar-refractivity contribution is 0.594. The standard InChI is InChI=1S/C16H16Br2O2S/c17-15(13-7-3-1-4-8-13)11-21(19,20)12-16(18)14-9-5-2-6-10-14/h1-10,15-16H,11-12H2/t15-,16-/m1/s1. The molecule has 2 rings (SSSR count). The van der Waals surface area contributed by atoms with Gasteiger partial charge < -0.3 is 0 Å². The zero-order chi connectivity index (χ0) is 15.3. The van der Waals surface area contributed by atoms with Gasteiger partial charge in [-0.15, -0.1) is 0 Å². The lowest BCUT2D eigenvalue weighted by atomic mass is 10.2. The van der Waals surface area contributed by atoms with Crippen molar-refractivity contribution >= 4 is 41.7 Å². The zero-order valence-electron chi connectivity index (χ0n) is 11.3. The predicted octanol–water partition coefficient (Wildman–Crippen LogP) is 4.67. The maximum Gasteiger partial charge on any atom is 0.153 e. The maximum atomic E-state index is 12.3. The molecule has 0 saturated carbocycles. The summed E-state index contributed by atoms with van der Waals surface area (Å²) in [5.74, 6) is 0.178. The summed E-state index contributed by atoms with van der Waals surface area (Å²) in [5.41, 5.74) is 1.96. The van der Waals surface area contributed by atoms with E-state index in [4.69, 9.17) is 0 Å². The van der Waals surface area contributed by atoms with Crippen molar-refractivity contribution in [2.45, 2.75) is 9.65 Å². The summed E-state index contributed by atoms with van der Waals surface area (Å²) < 4.78 is 24.7. The Morgan fingerprint density at radius 1 is 0.714 bits per heavy atom. The Morgan fingerprint density at radius 3 is 1.38 bits per heavy atom. The number of rotatable bonds is 6. The van der Waals surface area contributed by atoms with Crippen LogP contribution in [0.25, 0.3) is 0 Å². The van der Waals surface area contributed by atoms with E-state index >= 15 is 0 Å². The minimum atomic E-state index is -3.17. The minimum Gasteiger partial charge on any atom is -0.229 e. The Labute approximate surface area is 142 Å². The van der Waals surface area contributed by atoms with E-state index in [9.17, 15) is 8.42 Å². The van der Waals surface area contributed by atoms with Crippen molar-refractivity contribution in [2.24, 2.45) is 0 Å². The van der Waals surface area contributed by atoms with Crippen LogP contribution in [-0.2, 0) is 9.84 Å². The van der Waals surface area contributed by atoms with Gasteiger partial charge in [0.05, 0.1) is 21.2 Å². The second kappa shape index (κ2) is 7.56. The van der Waals surface area contributed by atoms with Crippen molar-refractivity contribution < 1.29 is 8.42 Å². The summed E-state index contributed by atoms with van der Waals surface area (Å²) >= 11 is 6.95. The van der Waals surface area contributed by atoms with Gasteiger partial charge in [-0.05, 0) is 11.1 Å². The van der Waals surface area contributed by atoms with Crippen molar-refractivity contribution in [3.8, 4) is 0 Å². The van der Waals surface area contributed by atoms with E-state index in [2.05, 4.69) is 31.9 Å². The van der Waals surface area contributed by atoms with E-state index in [0.717, 1.165) is 11.1 Å². The van der Waals surface area contributed by atoms with E-state index in [1.807, 2.05) is 60.7 Å². The van der Waals surface area contributed by atoms with E-state index in [1.165, 1.54) is 0 Å². The third-order valence-corrected chi connectivity index (χ3v) is 7.37. The normalized spacial score (nSPS) is 14.6. The summed E-state index contributed by atoms with van der Waals surface area (Å²) in [4.78, 5) is -0.363. The van der Waals surface area contributed by atoms with Crippen LogP contribution in [0.2, 0.25) is 0 Å². The molecule has 0 aliphatic carbocycles. The molecule has 2 nitrogen and oxygen atoms in total. The SMILES string of the molecule is O=S(=O)(C[C@@H](Br)c1ccccc1)C[C@@H](Br)c1ccccc1. The van der Waals surface area contributed by atoms with Crippen LogP contribution < -0.4 is 0 Å². The van der Waals surface area contributed by atoms with Gasteiger partial charge in [0, 0.05) is 0 Å². The number of hydrogen-bond acceptors (Lipinski definition) is 2. The first kappa shape index (κ1) is 16.7. The van der Waals surface area contributed by atoms with Gasteiger partial charge in [0.1, 0.15) is 0 Å². The highest BCUT2D eigenvalue weighted by molar-refractivity contribution is 9.09. The summed E-state index contributed by atoms with van der Waals surface area (Å²) in [7, 11) is -3.17. The van der Waals surface area contributed by atoms with Crippen LogP contribution in [-0.4, -0.2) is 19.9 Å². The van der Waals surface area contributed by atoms with Crippen LogP contribution >= 0.6 is 31.9 Å². The molecule has 0 amide bonds. The molecule has 0 aliphatic rings. The molecular formula is C16H16Br2O2S. The fraction of sp³-hybridized carbons (Fsp3) is 0.250. The second-order valence-electron chi connectivity index (χ2n) is 4.83. The molecule has 0 N–H and O–H groups in total. The molecule has 0 radical (unpaired) electrons. The number of halogens is 2. The van der Waals surface area contributed by atoms with Crippen LogP contribution in [0.15, 0.2) is 60.7 Å². The average Bonchev–Trinajstić information content (AvgIpc) is 2.48. The predicted molar refractivity (Wildman–Crippen MR) is 94.9 cm³/mol. The Bertz CT molecular complexity index is 604. The molecule has 0 spiro atoms. The van der Waals surface area contributed by atoms with Crippen molar-refractivity contribution in [3.05, 3.63) is 71.8 Å². The first-order valence-electron chi connectivity index (χ1n) is 6.56. The van der Waals surface area contributed by atoms with Gasteiger partial charge >= 0.3 is 0 Å². The highest BCUT2D eigenvalue weighted by atomic mass is 79.9. The molecule has 21 heavy (non-hydrogen) atoms. The Morgan fingerprint density at radius 2 is 1.05 bits per heavy atom. The van der Waals surface area contributed by atoms with E-state index in [0.29, 0.717) is 0 Å². The van der Waals surface area contributed by atoms with E-state index in [1.54, 1.807) is 0 Å². The lowest BCUT2D eigenvalue weighted by Crippen LogP contribution is -2.17. The third-order valence-electron chi connectivity index (χ3n) is 3.12. The fourth-order valence-electron chi connectivity index (χ4n) is 2.03. The van der Waals surface area contributed by atoms with Crippen LogP contribution in [0.5, 0.6) is 0 Å². The van der Waals surface area contributed by atoms with Crippen molar-refractivity contribution in [3.63, 3.8) is 0 Å². The van der Waals surface area contributed by atoms with Crippen LogP contribution in [0.1, 0.15) is 20.8 Å². The smallest absolute Gasteiger partial charge is 0.153 e. The minimum absolute atomic E-state index is 0.0892. The maximum absolute atomic E-state index is 12.3. The van der Waals surface area contributed by atoms with E-state index < -0.39 is 9.84 Å². The molecular weight excluding hydrogens is 416 g/mol. The van der Waals surface area contributed by atoms with Gasteiger partial charge in [-0.2, -0.15) is 0 Å². The highest BCUT2D eigenvalue weighted by Crippen LogP contribution is 2.29. The Kier molecular flexibility index (Phi) is 6.02. The van der Waals surface area contributed by atoms with Crippen molar-refractivity contribution in [1.29, 1.82) is 0 Å². The molecule has 0 aliphatic heterocycles. The quantitative estimate of drug-likeness (QED) is 0.622. The van der Waals surface area contributed by atoms with Gasteiger partial charge in [0.15, 0.2) is 9.84 Å². The van der Waals surface area contributed by atoms with Crippen LogP contribution in [0, 0.1) is 0 Å². The topological polar surface area (TPSA) is 34.1 Å².